The maximum absolute atomic E-state index is 12.6. The van der Waals surface area contributed by atoms with Crippen molar-refractivity contribution in [1.29, 1.82) is 0 Å². The molecule has 1 atom stereocenters. The Bertz CT molecular complexity index is 523. The van der Waals surface area contributed by atoms with E-state index in [9.17, 15) is 4.79 Å². The lowest BCUT2D eigenvalue weighted by atomic mass is 9.98. The van der Waals surface area contributed by atoms with E-state index in [1.165, 1.54) is 0 Å². The maximum Gasteiger partial charge on any atom is 0.226 e. The molecule has 2 saturated heterocycles. The lowest BCUT2D eigenvalue weighted by Gasteiger charge is -2.35. The van der Waals surface area contributed by atoms with Gasteiger partial charge >= 0.3 is 0 Å². The third-order valence-electron chi connectivity index (χ3n) is 4.27. The van der Waals surface area contributed by atoms with E-state index < -0.39 is 0 Å². The molecule has 6 nitrogen and oxygen atoms in total. The zero-order valence-corrected chi connectivity index (χ0v) is 13.0. The minimum absolute atomic E-state index is 0.0861. The molecule has 0 radical (unpaired) electrons. The molecule has 1 aromatic heterocycles. The Hall–Kier alpha value is -1.66. The van der Waals surface area contributed by atoms with Crippen LogP contribution in [0.3, 0.4) is 0 Å². The van der Waals surface area contributed by atoms with Crippen molar-refractivity contribution < 1.29 is 14.3 Å². The standard InChI is InChI=1S/C16H23N3O3/c1-11-8-13(17)9-14(18-11)15-10-19(4-7-22-15)16(20)12-2-5-21-6-3-12/h8-9,12,15H,2-7,10H2,1H3,(H2,17,18)/t15-/m0/s1. The van der Waals surface area contributed by atoms with E-state index in [2.05, 4.69) is 4.98 Å². The minimum Gasteiger partial charge on any atom is -0.399 e. The van der Waals surface area contributed by atoms with Gasteiger partial charge in [0.15, 0.2) is 0 Å². The van der Waals surface area contributed by atoms with E-state index in [4.69, 9.17) is 15.2 Å². The Labute approximate surface area is 130 Å². The number of nitrogens with zero attached hydrogens (tertiary/aromatic N) is 2. The highest BCUT2D eigenvalue weighted by molar-refractivity contribution is 5.79. The number of aromatic nitrogens is 1. The van der Waals surface area contributed by atoms with Crippen molar-refractivity contribution in [3.05, 3.63) is 23.5 Å². The van der Waals surface area contributed by atoms with Crippen molar-refractivity contribution in [2.24, 2.45) is 5.92 Å². The van der Waals surface area contributed by atoms with Crippen molar-refractivity contribution in [2.45, 2.75) is 25.9 Å². The van der Waals surface area contributed by atoms with Gasteiger partial charge in [-0.05, 0) is 31.9 Å². The summed E-state index contributed by atoms with van der Waals surface area (Å²) in [6.07, 6.45) is 1.44. The van der Waals surface area contributed by atoms with Crippen LogP contribution < -0.4 is 5.73 Å². The van der Waals surface area contributed by atoms with Crippen LogP contribution in [0.2, 0.25) is 0 Å². The first kappa shape index (κ1) is 15.2. The second-order valence-corrected chi connectivity index (χ2v) is 6.00. The molecule has 0 saturated carbocycles. The molecule has 2 aliphatic rings. The van der Waals surface area contributed by atoms with Gasteiger partial charge < -0.3 is 20.1 Å². The molecule has 2 N–H and O–H groups in total. The SMILES string of the molecule is Cc1cc(N)cc([C@@H]2CN(C(=O)C3CCOCC3)CCO2)n1. The van der Waals surface area contributed by atoms with E-state index >= 15 is 0 Å². The number of hydrogen-bond donors (Lipinski definition) is 1. The van der Waals surface area contributed by atoms with Crippen LogP contribution in [0.1, 0.15) is 30.3 Å². The Kier molecular flexibility index (Phi) is 4.59. The molecule has 2 fully saturated rings. The van der Waals surface area contributed by atoms with Gasteiger partial charge in [0.1, 0.15) is 6.10 Å². The molecule has 6 heteroatoms. The fraction of sp³-hybridized carbons (Fsp3) is 0.625. The smallest absolute Gasteiger partial charge is 0.226 e. The molecular formula is C16H23N3O3. The molecule has 2 aliphatic heterocycles. The normalized spacial score (nSPS) is 23.5. The van der Waals surface area contributed by atoms with Gasteiger partial charge in [-0.25, -0.2) is 0 Å². The molecule has 1 amide bonds. The summed E-state index contributed by atoms with van der Waals surface area (Å²) in [5, 5.41) is 0. The third kappa shape index (κ3) is 3.39. The number of amides is 1. The maximum atomic E-state index is 12.6. The summed E-state index contributed by atoms with van der Waals surface area (Å²) >= 11 is 0. The van der Waals surface area contributed by atoms with Gasteiger partial charge in [-0.1, -0.05) is 0 Å². The van der Waals surface area contributed by atoms with Crippen LogP contribution >= 0.6 is 0 Å². The van der Waals surface area contributed by atoms with E-state index in [0.717, 1.165) is 24.2 Å². The van der Waals surface area contributed by atoms with Crippen LogP contribution in [0.15, 0.2) is 12.1 Å². The number of hydrogen-bond acceptors (Lipinski definition) is 5. The van der Waals surface area contributed by atoms with Gasteiger partial charge in [-0.15, -0.1) is 0 Å². The number of anilines is 1. The Morgan fingerprint density at radius 1 is 1.32 bits per heavy atom. The van der Waals surface area contributed by atoms with Gasteiger partial charge in [0.05, 0.1) is 18.8 Å². The molecular weight excluding hydrogens is 282 g/mol. The number of rotatable bonds is 2. The number of aryl methyl sites for hydroxylation is 1. The number of nitrogens with two attached hydrogens (primary N) is 1. The molecule has 0 spiro atoms. The number of carbonyl (C=O) groups is 1. The average Bonchev–Trinajstić information content (AvgIpc) is 2.54. The van der Waals surface area contributed by atoms with Crippen LogP contribution in [0.5, 0.6) is 0 Å². The monoisotopic (exact) mass is 305 g/mol. The van der Waals surface area contributed by atoms with Crippen molar-refractivity contribution in [1.82, 2.24) is 9.88 Å². The Balaban J connectivity index is 1.69. The van der Waals surface area contributed by atoms with Gasteiger partial charge in [0, 0.05) is 37.1 Å². The van der Waals surface area contributed by atoms with E-state index in [0.29, 0.717) is 38.6 Å². The van der Waals surface area contributed by atoms with Crippen molar-refractivity contribution in [3.63, 3.8) is 0 Å². The molecule has 0 bridgehead atoms. The lowest BCUT2D eigenvalue weighted by Crippen LogP contribution is -2.46. The average molecular weight is 305 g/mol. The highest BCUT2D eigenvalue weighted by atomic mass is 16.5. The van der Waals surface area contributed by atoms with Crippen LogP contribution in [0.4, 0.5) is 5.69 Å². The third-order valence-corrected chi connectivity index (χ3v) is 4.27. The van der Waals surface area contributed by atoms with Crippen molar-refractivity contribution in [3.8, 4) is 0 Å². The van der Waals surface area contributed by atoms with E-state index in [1.807, 2.05) is 24.0 Å². The molecule has 22 heavy (non-hydrogen) atoms. The first-order valence-electron chi connectivity index (χ1n) is 7.85. The van der Waals surface area contributed by atoms with Crippen LogP contribution in [-0.4, -0.2) is 48.7 Å². The highest BCUT2D eigenvalue weighted by Gasteiger charge is 2.31. The molecule has 3 heterocycles. The summed E-state index contributed by atoms with van der Waals surface area (Å²) in [5.74, 6) is 0.306. The molecule has 3 rings (SSSR count). The highest BCUT2D eigenvalue weighted by Crippen LogP contribution is 2.25. The summed E-state index contributed by atoms with van der Waals surface area (Å²) in [6, 6.07) is 3.66. The summed E-state index contributed by atoms with van der Waals surface area (Å²) in [4.78, 5) is 19.0. The second-order valence-electron chi connectivity index (χ2n) is 6.00. The van der Waals surface area contributed by atoms with Gasteiger partial charge in [-0.2, -0.15) is 0 Å². The van der Waals surface area contributed by atoms with Crippen LogP contribution in [0, 0.1) is 12.8 Å². The zero-order valence-electron chi connectivity index (χ0n) is 13.0. The zero-order chi connectivity index (χ0) is 15.5. The summed E-state index contributed by atoms with van der Waals surface area (Å²) in [6.45, 7) is 5.00. The fourth-order valence-electron chi connectivity index (χ4n) is 3.12. The van der Waals surface area contributed by atoms with E-state index in [-0.39, 0.29) is 17.9 Å². The van der Waals surface area contributed by atoms with Gasteiger partial charge in [0.2, 0.25) is 5.91 Å². The molecule has 1 aromatic rings. The summed E-state index contributed by atoms with van der Waals surface area (Å²) in [7, 11) is 0. The van der Waals surface area contributed by atoms with Crippen LogP contribution in [-0.2, 0) is 14.3 Å². The first-order chi connectivity index (χ1) is 10.6. The van der Waals surface area contributed by atoms with Crippen molar-refractivity contribution in [2.75, 3.05) is 38.6 Å². The lowest BCUT2D eigenvalue weighted by molar-refractivity contribution is -0.146. The predicted molar refractivity (Wildman–Crippen MR) is 82.2 cm³/mol. The molecule has 0 aromatic carbocycles. The number of carbonyl (C=O) groups excluding carboxylic acids is 1. The van der Waals surface area contributed by atoms with Crippen molar-refractivity contribution >= 4 is 11.6 Å². The Morgan fingerprint density at radius 2 is 2.09 bits per heavy atom. The molecule has 0 unspecified atom stereocenters. The molecule has 120 valence electrons. The number of nitrogen functional groups attached to an aromatic ring is 1. The summed E-state index contributed by atoms with van der Waals surface area (Å²) < 4.78 is 11.1. The predicted octanol–water partition coefficient (Wildman–Crippen LogP) is 1.30. The van der Waals surface area contributed by atoms with Crippen LogP contribution in [0.25, 0.3) is 0 Å². The number of pyridine rings is 1. The van der Waals surface area contributed by atoms with E-state index in [1.54, 1.807) is 0 Å². The fourth-order valence-corrected chi connectivity index (χ4v) is 3.12. The minimum atomic E-state index is -0.195. The van der Waals surface area contributed by atoms with Gasteiger partial charge in [-0.3, -0.25) is 9.78 Å². The number of morpholine rings is 1. The quantitative estimate of drug-likeness (QED) is 0.891. The second kappa shape index (κ2) is 6.62. The van der Waals surface area contributed by atoms with Gasteiger partial charge in [0.25, 0.3) is 0 Å². The Morgan fingerprint density at radius 3 is 2.82 bits per heavy atom. The number of ether oxygens (including phenoxy) is 2. The first-order valence-corrected chi connectivity index (χ1v) is 7.85. The largest absolute Gasteiger partial charge is 0.399 e. The molecule has 0 aliphatic carbocycles. The summed E-state index contributed by atoms with van der Waals surface area (Å²) in [5.41, 5.74) is 8.24. The topological polar surface area (TPSA) is 77.7 Å².